The van der Waals surface area contributed by atoms with E-state index in [9.17, 15) is 4.79 Å². The fraction of sp³-hybridized carbons (Fsp3) is 0.400. The van der Waals surface area contributed by atoms with E-state index in [0.29, 0.717) is 5.69 Å². The molecule has 0 aliphatic carbocycles. The third-order valence-electron chi connectivity index (χ3n) is 5.58. The van der Waals surface area contributed by atoms with Gasteiger partial charge in [-0.3, -0.25) is 4.79 Å². The Hall–Kier alpha value is -2.76. The molecule has 6 heteroatoms. The fourth-order valence-electron chi connectivity index (χ4n) is 4.16. The van der Waals surface area contributed by atoms with Gasteiger partial charge in [-0.05, 0) is 25.0 Å². The van der Waals surface area contributed by atoms with E-state index < -0.39 is 6.10 Å². The van der Waals surface area contributed by atoms with Crippen molar-refractivity contribution in [2.24, 2.45) is 0 Å². The summed E-state index contributed by atoms with van der Waals surface area (Å²) in [6, 6.07) is 11.7. The molecule has 3 heterocycles. The van der Waals surface area contributed by atoms with Crippen LogP contribution >= 0.6 is 0 Å². The average molecular weight is 352 g/mol. The van der Waals surface area contributed by atoms with Crippen molar-refractivity contribution in [3.63, 3.8) is 0 Å². The maximum atomic E-state index is 12.8. The number of fused-ring (bicyclic) bond motifs is 2. The Morgan fingerprint density at radius 1 is 1.27 bits per heavy atom. The summed E-state index contributed by atoms with van der Waals surface area (Å²) in [7, 11) is 3.57. The van der Waals surface area contributed by atoms with E-state index in [1.165, 1.54) is 0 Å². The monoisotopic (exact) mass is 352 g/mol. The molecule has 26 heavy (non-hydrogen) atoms. The van der Waals surface area contributed by atoms with Gasteiger partial charge >= 0.3 is 0 Å². The number of ether oxygens (including phenoxy) is 1. The second-order valence-corrected chi connectivity index (χ2v) is 7.32. The van der Waals surface area contributed by atoms with Crippen LogP contribution in [-0.2, 0) is 10.2 Å². The first-order valence-electron chi connectivity index (χ1n) is 8.95. The van der Waals surface area contributed by atoms with Crippen LogP contribution in [0.2, 0.25) is 0 Å². The van der Waals surface area contributed by atoms with Crippen molar-refractivity contribution in [2.45, 2.75) is 24.4 Å². The summed E-state index contributed by atoms with van der Waals surface area (Å²) in [5, 5.41) is 0. The van der Waals surface area contributed by atoms with Crippen molar-refractivity contribution >= 4 is 17.4 Å². The molecule has 1 atom stereocenters. The minimum atomic E-state index is -0.467. The van der Waals surface area contributed by atoms with Crippen molar-refractivity contribution in [2.75, 3.05) is 37.8 Å². The summed E-state index contributed by atoms with van der Waals surface area (Å²) in [5.41, 5.74) is 7.49. The van der Waals surface area contributed by atoms with Crippen LogP contribution in [0.5, 0.6) is 5.75 Å². The molecule has 6 nitrogen and oxygen atoms in total. The Morgan fingerprint density at radius 3 is 2.69 bits per heavy atom. The number of aromatic nitrogens is 1. The van der Waals surface area contributed by atoms with E-state index in [1.807, 2.05) is 24.3 Å². The van der Waals surface area contributed by atoms with Gasteiger partial charge in [-0.1, -0.05) is 18.2 Å². The molecule has 0 saturated carbocycles. The van der Waals surface area contributed by atoms with Crippen molar-refractivity contribution in [1.29, 1.82) is 0 Å². The second-order valence-electron chi connectivity index (χ2n) is 7.32. The quantitative estimate of drug-likeness (QED) is 0.896. The SMILES string of the molecule is CN(C)C(=O)[C@@H]1Oc2ccccc2C12CCN(c1cc(N)ccn1)CC2. The van der Waals surface area contributed by atoms with Crippen molar-refractivity contribution in [3.05, 3.63) is 48.2 Å². The van der Waals surface area contributed by atoms with E-state index in [0.717, 1.165) is 43.1 Å². The molecule has 1 fully saturated rings. The molecular formula is C20H24N4O2. The molecule has 1 saturated heterocycles. The highest BCUT2D eigenvalue weighted by Crippen LogP contribution is 2.50. The molecule has 0 radical (unpaired) electrons. The zero-order valence-corrected chi connectivity index (χ0v) is 15.2. The van der Waals surface area contributed by atoms with Crippen LogP contribution in [0.15, 0.2) is 42.6 Å². The Labute approximate surface area is 153 Å². The Balaban J connectivity index is 1.64. The molecular weight excluding hydrogens is 328 g/mol. The summed E-state index contributed by atoms with van der Waals surface area (Å²) >= 11 is 0. The van der Waals surface area contributed by atoms with Crippen molar-refractivity contribution in [3.8, 4) is 5.75 Å². The lowest BCUT2D eigenvalue weighted by atomic mass is 9.69. The van der Waals surface area contributed by atoms with Crippen molar-refractivity contribution < 1.29 is 9.53 Å². The largest absolute Gasteiger partial charge is 0.479 e. The van der Waals surface area contributed by atoms with Crippen LogP contribution in [0, 0.1) is 0 Å². The minimum absolute atomic E-state index is 0.0248. The van der Waals surface area contributed by atoms with Crippen LogP contribution in [0.3, 0.4) is 0 Å². The lowest BCUT2D eigenvalue weighted by Crippen LogP contribution is -2.54. The number of nitrogen functional groups attached to an aromatic ring is 1. The standard InChI is InChI=1S/C20H24N4O2/c1-23(2)19(25)18-20(15-5-3-4-6-16(15)26-18)8-11-24(12-9-20)17-13-14(21)7-10-22-17/h3-7,10,13,18H,8-9,11-12H2,1-2H3,(H2,21,22)/t18-/m0/s1. The van der Waals surface area contributed by atoms with Gasteiger partial charge in [0.1, 0.15) is 11.6 Å². The van der Waals surface area contributed by atoms with Gasteiger partial charge in [-0.2, -0.15) is 0 Å². The number of pyridine rings is 1. The number of para-hydroxylation sites is 1. The van der Waals surface area contributed by atoms with E-state index in [2.05, 4.69) is 16.0 Å². The molecule has 2 aliphatic heterocycles. The molecule has 1 aromatic carbocycles. The maximum Gasteiger partial charge on any atom is 0.264 e. The highest BCUT2D eigenvalue weighted by Gasteiger charge is 2.54. The summed E-state index contributed by atoms with van der Waals surface area (Å²) < 4.78 is 6.14. The molecule has 2 N–H and O–H groups in total. The smallest absolute Gasteiger partial charge is 0.264 e. The van der Waals surface area contributed by atoms with Gasteiger partial charge in [0.2, 0.25) is 0 Å². The van der Waals surface area contributed by atoms with Gasteiger partial charge in [-0.15, -0.1) is 0 Å². The number of anilines is 2. The van der Waals surface area contributed by atoms with E-state index in [-0.39, 0.29) is 11.3 Å². The van der Waals surface area contributed by atoms with E-state index in [1.54, 1.807) is 31.3 Å². The van der Waals surface area contributed by atoms with Gasteiger partial charge in [0, 0.05) is 56.1 Å². The molecule has 1 spiro atoms. The fourth-order valence-corrected chi connectivity index (χ4v) is 4.16. The van der Waals surface area contributed by atoms with Gasteiger partial charge in [0.15, 0.2) is 6.10 Å². The molecule has 136 valence electrons. The number of benzene rings is 1. The second kappa shape index (κ2) is 6.20. The number of hydrogen-bond acceptors (Lipinski definition) is 5. The number of piperidine rings is 1. The minimum Gasteiger partial charge on any atom is -0.479 e. The summed E-state index contributed by atoms with van der Waals surface area (Å²) in [6.45, 7) is 1.62. The summed E-state index contributed by atoms with van der Waals surface area (Å²) in [4.78, 5) is 21.2. The van der Waals surface area contributed by atoms with Crippen LogP contribution in [-0.4, -0.2) is 49.1 Å². The summed E-state index contributed by atoms with van der Waals surface area (Å²) in [5.74, 6) is 1.75. The lowest BCUT2D eigenvalue weighted by Gasteiger charge is -2.42. The van der Waals surface area contributed by atoms with Gasteiger partial charge in [0.25, 0.3) is 5.91 Å². The number of rotatable bonds is 2. The van der Waals surface area contributed by atoms with Gasteiger partial charge in [0.05, 0.1) is 0 Å². The van der Waals surface area contributed by atoms with Crippen LogP contribution < -0.4 is 15.4 Å². The molecule has 1 amide bonds. The number of nitrogens with two attached hydrogens (primary N) is 1. The third-order valence-corrected chi connectivity index (χ3v) is 5.58. The Kier molecular flexibility index (Phi) is 3.98. The van der Waals surface area contributed by atoms with E-state index in [4.69, 9.17) is 10.5 Å². The first-order valence-corrected chi connectivity index (χ1v) is 8.95. The highest BCUT2D eigenvalue weighted by atomic mass is 16.5. The summed E-state index contributed by atoms with van der Waals surface area (Å²) in [6.07, 6.45) is 2.95. The number of nitrogens with zero attached hydrogens (tertiary/aromatic N) is 3. The van der Waals surface area contributed by atoms with E-state index >= 15 is 0 Å². The number of carbonyl (C=O) groups excluding carboxylic acids is 1. The first-order chi connectivity index (χ1) is 12.5. The molecule has 2 aliphatic rings. The third kappa shape index (κ3) is 2.57. The van der Waals surface area contributed by atoms with Crippen molar-refractivity contribution in [1.82, 2.24) is 9.88 Å². The normalized spacial score (nSPS) is 20.5. The van der Waals surface area contributed by atoms with Gasteiger partial charge in [-0.25, -0.2) is 4.98 Å². The molecule has 0 bridgehead atoms. The number of hydrogen-bond donors (Lipinski definition) is 1. The molecule has 0 unspecified atom stereocenters. The Morgan fingerprint density at radius 2 is 2.00 bits per heavy atom. The predicted octanol–water partition coefficient (Wildman–Crippen LogP) is 2.05. The number of likely N-dealkylation sites (N-methyl/N-ethyl adjacent to an activating group) is 1. The van der Waals surface area contributed by atoms with Gasteiger partial charge < -0.3 is 20.3 Å². The van der Waals surface area contributed by atoms with Crippen LogP contribution in [0.25, 0.3) is 0 Å². The molecule has 2 aromatic rings. The highest BCUT2D eigenvalue weighted by molar-refractivity contribution is 5.84. The topological polar surface area (TPSA) is 71.7 Å². The molecule has 4 rings (SSSR count). The number of amides is 1. The van der Waals surface area contributed by atoms with Crippen LogP contribution in [0.1, 0.15) is 18.4 Å². The lowest BCUT2D eigenvalue weighted by molar-refractivity contribution is -0.138. The Bertz CT molecular complexity index is 828. The number of carbonyl (C=O) groups is 1. The zero-order chi connectivity index (χ0) is 18.3. The molecule has 1 aromatic heterocycles. The van der Waals surface area contributed by atoms with Crippen LogP contribution in [0.4, 0.5) is 11.5 Å². The first kappa shape index (κ1) is 16.7. The maximum absolute atomic E-state index is 12.8. The average Bonchev–Trinajstić information content (AvgIpc) is 2.96. The predicted molar refractivity (Wildman–Crippen MR) is 101 cm³/mol. The zero-order valence-electron chi connectivity index (χ0n) is 15.2.